The van der Waals surface area contributed by atoms with E-state index < -0.39 is 0 Å². The predicted octanol–water partition coefficient (Wildman–Crippen LogP) is 4.50. The van der Waals surface area contributed by atoms with Gasteiger partial charge in [0.05, 0.1) is 0 Å². The Bertz CT molecular complexity index is 1030. The molecule has 0 atom stereocenters. The van der Waals surface area contributed by atoms with Gasteiger partial charge in [0.1, 0.15) is 34.4 Å². The van der Waals surface area contributed by atoms with Gasteiger partial charge in [-0.1, -0.05) is 30.3 Å². The van der Waals surface area contributed by atoms with Crippen molar-refractivity contribution < 1.29 is 9.47 Å². The van der Waals surface area contributed by atoms with Crippen molar-refractivity contribution in [3.63, 3.8) is 0 Å². The summed E-state index contributed by atoms with van der Waals surface area (Å²) in [6, 6.07) is 17.5. The zero-order valence-corrected chi connectivity index (χ0v) is 15.5. The van der Waals surface area contributed by atoms with Crippen LogP contribution in [0, 0.1) is 0 Å². The van der Waals surface area contributed by atoms with Crippen molar-refractivity contribution in [2.24, 2.45) is 7.05 Å². The minimum Gasteiger partial charge on any atom is -0.489 e. The fourth-order valence-electron chi connectivity index (χ4n) is 2.55. The lowest BCUT2D eigenvalue weighted by molar-refractivity contribution is 0.305. The molecule has 2 heterocycles. The lowest BCUT2D eigenvalue weighted by Gasteiger charge is -2.08. The fourth-order valence-corrected chi connectivity index (χ4v) is 3.13. The molecule has 0 aliphatic rings. The van der Waals surface area contributed by atoms with Gasteiger partial charge in [0.25, 0.3) is 0 Å². The molecule has 0 saturated carbocycles. The van der Waals surface area contributed by atoms with Crippen LogP contribution in [0.15, 0.2) is 65.5 Å². The second kappa shape index (κ2) is 7.13. The number of fused-ring (bicyclic) bond motifs is 1. The van der Waals surface area contributed by atoms with Crippen molar-refractivity contribution in [2.45, 2.75) is 6.61 Å². The fraction of sp³-hybridized carbons (Fsp3) is 0.105. The summed E-state index contributed by atoms with van der Waals surface area (Å²) in [5, 5.41) is 5.03. The second-order valence-corrected chi connectivity index (χ2v) is 6.39. The van der Waals surface area contributed by atoms with E-state index in [1.807, 2.05) is 61.6 Å². The molecule has 130 valence electrons. The molecule has 6 nitrogen and oxygen atoms in total. The smallest absolute Gasteiger partial charge is 0.234 e. The maximum absolute atomic E-state index is 5.91. The van der Waals surface area contributed by atoms with Crippen LogP contribution in [0.4, 0.5) is 0 Å². The molecule has 0 fully saturated rings. The minimum absolute atomic E-state index is 0.452. The second-order valence-electron chi connectivity index (χ2n) is 5.64. The lowest BCUT2D eigenvalue weighted by atomic mass is 10.2. The summed E-state index contributed by atoms with van der Waals surface area (Å²) in [6.45, 7) is 0.524. The first-order valence-corrected chi connectivity index (χ1v) is 8.78. The Morgan fingerprint density at radius 3 is 2.46 bits per heavy atom. The maximum Gasteiger partial charge on any atom is 0.234 e. The molecule has 7 heteroatoms. The summed E-state index contributed by atoms with van der Waals surface area (Å²) in [5.74, 6) is 1.89. The number of benzene rings is 2. The molecule has 4 aromatic rings. The minimum atomic E-state index is 0.452. The quantitative estimate of drug-likeness (QED) is 0.484. The van der Waals surface area contributed by atoms with E-state index in [1.54, 1.807) is 4.68 Å². The maximum atomic E-state index is 5.91. The van der Waals surface area contributed by atoms with Gasteiger partial charge >= 0.3 is 0 Å². The normalized spacial score (nSPS) is 10.8. The first-order chi connectivity index (χ1) is 12.7. The summed E-state index contributed by atoms with van der Waals surface area (Å²) < 4.78 is 14.0. The van der Waals surface area contributed by atoms with E-state index in [2.05, 4.69) is 31.0 Å². The summed E-state index contributed by atoms with van der Waals surface area (Å²) in [4.78, 5) is 8.46. The molecule has 0 bridgehead atoms. The molecule has 4 rings (SSSR count). The molecule has 0 amide bonds. The van der Waals surface area contributed by atoms with Gasteiger partial charge in [-0.2, -0.15) is 5.10 Å². The van der Waals surface area contributed by atoms with Gasteiger partial charge in [-0.15, -0.1) is 0 Å². The van der Waals surface area contributed by atoms with Crippen molar-refractivity contribution in [3.8, 4) is 17.4 Å². The van der Waals surface area contributed by atoms with Crippen molar-refractivity contribution in [2.75, 3.05) is 0 Å². The summed E-state index contributed by atoms with van der Waals surface area (Å²) in [7, 11) is 1.82. The van der Waals surface area contributed by atoms with Crippen LogP contribution in [0.5, 0.6) is 17.4 Å². The van der Waals surface area contributed by atoms with E-state index in [1.165, 1.54) is 6.33 Å². The average molecular weight is 411 g/mol. The lowest BCUT2D eigenvalue weighted by Crippen LogP contribution is -1.95. The van der Waals surface area contributed by atoms with Gasteiger partial charge in [0.15, 0.2) is 5.65 Å². The molecule has 2 aromatic heterocycles. The van der Waals surface area contributed by atoms with Crippen LogP contribution in [0.25, 0.3) is 11.0 Å². The average Bonchev–Trinajstić information content (AvgIpc) is 2.97. The molecule has 0 aliphatic heterocycles. The third-order valence-electron chi connectivity index (χ3n) is 3.83. The van der Waals surface area contributed by atoms with Crippen LogP contribution in [0.3, 0.4) is 0 Å². The van der Waals surface area contributed by atoms with E-state index >= 15 is 0 Å². The molecule has 0 saturated heterocycles. The van der Waals surface area contributed by atoms with Crippen LogP contribution in [-0.4, -0.2) is 19.7 Å². The van der Waals surface area contributed by atoms with Crippen LogP contribution in [-0.2, 0) is 13.7 Å². The standard InChI is InChI=1S/C19H15BrN4O2/c1-24-18-16(17(20)23-24)19(22-12-21-18)26-15-9-7-14(8-10-15)25-11-13-5-3-2-4-6-13/h2-10,12H,11H2,1H3. The SMILES string of the molecule is Cn1nc(Br)c2c(Oc3ccc(OCc4ccccc4)cc3)ncnc21. The monoisotopic (exact) mass is 410 g/mol. The van der Waals surface area contributed by atoms with Crippen molar-refractivity contribution in [1.29, 1.82) is 0 Å². The summed E-state index contributed by atoms with van der Waals surface area (Å²) in [5.41, 5.74) is 1.82. The van der Waals surface area contributed by atoms with Gasteiger partial charge in [0, 0.05) is 7.05 Å². The molecule has 0 radical (unpaired) electrons. The van der Waals surface area contributed by atoms with E-state index in [0.29, 0.717) is 28.5 Å². The number of halogens is 1. The van der Waals surface area contributed by atoms with Crippen LogP contribution in [0.1, 0.15) is 5.56 Å². The highest BCUT2D eigenvalue weighted by molar-refractivity contribution is 9.10. The molecule has 0 unspecified atom stereocenters. The highest BCUT2D eigenvalue weighted by Gasteiger charge is 2.15. The van der Waals surface area contributed by atoms with Gasteiger partial charge in [-0.05, 0) is 45.8 Å². The van der Waals surface area contributed by atoms with E-state index in [0.717, 1.165) is 16.7 Å². The predicted molar refractivity (Wildman–Crippen MR) is 101 cm³/mol. The molecule has 0 spiro atoms. The molecule has 0 N–H and O–H groups in total. The van der Waals surface area contributed by atoms with Crippen molar-refractivity contribution in [3.05, 3.63) is 71.1 Å². The van der Waals surface area contributed by atoms with E-state index in [4.69, 9.17) is 9.47 Å². The third-order valence-corrected chi connectivity index (χ3v) is 4.38. The highest BCUT2D eigenvalue weighted by atomic mass is 79.9. The largest absolute Gasteiger partial charge is 0.489 e. The van der Waals surface area contributed by atoms with Crippen molar-refractivity contribution >= 4 is 27.0 Å². The summed E-state index contributed by atoms with van der Waals surface area (Å²) >= 11 is 3.42. The molecule has 26 heavy (non-hydrogen) atoms. The zero-order chi connectivity index (χ0) is 17.9. The Labute approximate surface area is 158 Å². The molecule has 0 aliphatic carbocycles. The van der Waals surface area contributed by atoms with Gasteiger partial charge < -0.3 is 9.47 Å². The zero-order valence-electron chi connectivity index (χ0n) is 14.0. The Balaban J connectivity index is 1.50. The Morgan fingerprint density at radius 1 is 0.962 bits per heavy atom. The van der Waals surface area contributed by atoms with Gasteiger partial charge in [0.2, 0.25) is 5.88 Å². The summed E-state index contributed by atoms with van der Waals surface area (Å²) in [6.07, 6.45) is 1.46. The Hall–Kier alpha value is -2.93. The first-order valence-electron chi connectivity index (χ1n) is 7.98. The molecule has 2 aromatic carbocycles. The van der Waals surface area contributed by atoms with Crippen LogP contribution < -0.4 is 9.47 Å². The van der Waals surface area contributed by atoms with E-state index in [9.17, 15) is 0 Å². The number of rotatable bonds is 5. The molecular formula is C19H15BrN4O2. The molecular weight excluding hydrogens is 396 g/mol. The number of ether oxygens (including phenoxy) is 2. The van der Waals surface area contributed by atoms with Crippen LogP contribution in [0.2, 0.25) is 0 Å². The van der Waals surface area contributed by atoms with Crippen LogP contribution >= 0.6 is 15.9 Å². The highest BCUT2D eigenvalue weighted by Crippen LogP contribution is 2.32. The number of hydrogen-bond donors (Lipinski definition) is 0. The number of aryl methyl sites for hydroxylation is 1. The number of nitrogens with zero attached hydrogens (tertiary/aromatic N) is 4. The van der Waals surface area contributed by atoms with E-state index in [-0.39, 0.29) is 0 Å². The Kier molecular flexibility index (Phi) is 4.53. The number of hydrogen-bond acceptors (Lipinski definition) is 5. The van der Waals surface area contributed by atoms with Gasteiger partial charge in [-0.25, -0.2) is 14.6 Å². The number of aromatic nitrogens is 4. The Morgan fingerprint density at radius 2 is 1.69 bits per heavy atom. The first kappa shape index (κ1) is 16.5. The van der Waals surface area contributed by atoms with Crippen molar-refractivity contribution in [1.82, 2.24) is 19.7 Å². The topological polar surface area (TPSA) is 62.1 Å². The van der Waals surface area contributed by atoms with Gasteiger partial charge in [-0.3, -0.25) is 0 Å². The third kappa shape index (κ3) is 3.39.